The van der Waals surface area contributed by atoms with Crippen LogP contribution in [0.15, 0.2) is 36.8 Å². The smallest absolute Gasteiger partial charge is 0.358 e. The molecule has 1 aromatic heterocycles. The number of nitriles is 1. The van der Waals surface area contributed by atoms with E-state index in [1.807, 2.05) is 12.1 Å². The van der Waals surface area contributed by atoms with Gasteiger partial charge in [0.15, 0.2) is 0 Å². The van der Waals surface area contributed by atoms with Crippen LogP contribution in [0.4, 0.5) is 5.82 Å². The van der Waals surface area contributed by atoms with Gasteiger partial charge in [-0.15, -0.1) is 0 Å². The van der Waals surface area contributed by atoms with Crippen molar-refractivity contribution in [2.75, 3.05) is 0 Å². The molecule has 1 heterocycles. The molecule has 2 rings (SSSR count). The van der Waals surface area contributed by atoms with Gasteiger partial charge in [-0.2, -0.15) is 5.26 Å². The molecule has 0 N–H and O–H groups in total. The Morgan fingerprint density at radius 2 is 2.24 bits per heavy atom. The number of hydrogen-bond acceptors (Lipinski definition) is 4. The van der Waals surface area contributed by atoms with E-state index in [0.717, 1.165) is 5.56 Å². The summed E-state index contributed by atoms with van der Waals surface area (Å²) in [5, 5.41) is 19.4. The van der Waals surface area contributed by atoms with Crippen LogP contribution >= 0.6 is 0 Å². The van der Waals surface area contributed by atoms with E-state index in [4.69, 9.17) is 5.26 Å². The van der Waals surface area contributed by atoms with Gasteiger partial charge in [0.25, 0.3) is 0 Å². The van der Waals surface area contributed by atoms with Crippen LogP contribution in [0.1, 0.15) is 11.1 Å². The quantitative estimate of drug-likeness (QED) is 0.591. The summed E-state index contributed by atoms with van der Waals surface area (Å²) >= 11 is 0. The number of nitrogens with zero attached hydrogens (tertiary/aromatic N) is 4. The van der Waals surface area contributed by atoms with E-state index in [0.29, 0.717) is 12.1 Å². The van der Waals surface area contributed by atoms with Crippen molar-refractivity contribution in [3.8, 4) is 6.07 Å². The van der Waals surface area contributed by atoms with Gasteiger partial charge in [-0.1, -0.05) is 18.2 Å². The molecule has 84 valence electrons. The Morgan fingerprint density at radius 1 is 1.47 bits per heavy atom. The monoisotopic (exact) mass is 228 g/mol. The molecular weight excluding hydrogens is 220 g/mol. The molecule has 0 aliphatic heterocycles. The largest absolute Gasteiger partial charge is 0.381 e. The van der Waals surface area contributed by atoms with E-state index in [9.17, 15) is 10.1 Å². The van der Waals surface area contributed by atoms with Gasteiger partial charge in [0.2, 0.25) is 6.33 Å². The summed E-state index contributed by atoms with van der Waals surface area (Å²) in [6.45, 7) is 0.393. The van der Waals surface area contributed by atoms with Crippen molar-refractivity contribution in [2.45, 2.75) is 6.54 Å². The van der Waals surface area contributed by atoms with Crippen molar-refractivity contribution in [1.29, 1.82) is 5.26 Å². The van der Waals surface area contributed by atoms with Gasteiger partial charge in [0, 0.05) is 0 Å². The molecule has 6 nitrogen and oxygen atoms in total. The fourth-order valence-corrected chi connectivity index (χ4v) is 1.49. The minimum absolute atomic E-state index is 0.195. The maximum Gasteiger partial charge on any atom is 0.381 e. The molecule has 2 aromatic rings. The van der Waals surface area contributed by atoms with E-state index in [1.54, 1.807) is 16.7 Å². The molecule has 0 saturated carbocycles. The predicted octanol–water partition coefficient (Wildman–Crippen LogP) is 1.71. The highest BCUT2D eigenvalue weighted by molar-refractivity contribution is 5.37. The third-order valence-corrected chi connectivity index (χ3v) is 2.30. The first-order valence-electron chi connectivity index (χ1n) is 4.85. The van der Waals surface area contributed by atoms with E-state index in [2.05, 4.69) is 11.1 Å². The first-order chi connectivity index (χ1) is 8.20. The standard InChI is InChI=1S/C11H8N4O2/c12-5-9-3-1-2-4-10(9)6-14-7-11(13-8-14)15(16)17/h1-4,7-8H,6H2. The second-order valence-corrected chi connectivity index (χ2v) is 3.43. The molecule has 17 heavy (non-hydrogen) atoms. The van der Waals surface area contributed by atoms with Crippen molar-refractivity contribution >= 4 is 5.82 Å². The molecule has 1 aromatic carbocycles. The molecule has 0 atom stereocenters. The Morgan fingerprint density at radius 3 is 2.88 bits per heavy atom. The van der Waals surface area contributed by atoms with Gasteiger partial charge in [0.1, 0.15) is 6.20 Å². The Balaban J connectivity index is 2.26. The van der Waals surface area contributed by atoms with Crippen molar-refractivity contribution in [3.63, 3.8) is 0 Å². The van der Waals surface area contributed by atoms with E-state index < -0.39 is 4.92 Å². The lowest BCUT2D eigenvalue weighted by Gasteiger charge is -2.02. The Bertz CT molecular complexity index is 598. The highest BCUT2D eigenvalue weighted by Gasteiger charge is 2.10. The zero-order valence-corrected chi connectivity index (χ0v) is 8.78. The second kappa shape index (κ2) is 4.45. The van der Waals surface area contributed by atoms with Gasteiger partial charge in [-0.25, -0.2) is 0 Å². The Kier molecular flexibility index (Phi) is 2.83. The van der Waals surface area contributed by atoms with Crippen LogP contribution in [0.2, 0.25) is 0 Å². The zero-order chi connectivity index (χ0) is 12.3. The molecule has 0 amide bonds. The van der Waals surface area contributed by atoms with Gasteiger partial charge in [-0.05, 0) is 21.5 Å². The van der Waals surface area contributed by atoms with Crippen LogP contribution in [-0.2, 0) is 6.54 Å². The normalized spacial score (nSPS) is 9.82. The minimum Gasteiger partial charge on any atom is -0.358 e. The molecule has 0 radical (unpaired) electrons. The SMILES string of the molecule is N#Cc1ccccc1Cn1cnc([N+](=O)[O-])c1. The number of nitro groups is 1. The first-order valence-corrected chi connectivity index (χ1v) is 4.85. The van der Waals surface area contributed by atoms with Crippen LogP contribution in [0.5, 0.6) is 0 Å². The molecule has 6 heteroatoms. The first kappa shape index (κ1) is 10.8. The van der Waals surface area contributed by atoms with Gasteiger partial charge < -0.3 is 14.7 Å². The highest BCUT2D eigenvalue weighted by atomic mass is 16.6. The number of imidazole rings is 1. The van der Waals surface area contributed by atoms with Crippen LogP contribution in [-0.4, -0.2) is 14.5 Å². The van der Waals surface area contributed by atoms with Gasteiger partial charge in [0.05, 0.1) is 18.2 Å². The van der Waals surface area contributed by atoms with Crippen molar-refractivity contribution in [2.24, 2.45) is 0 Å². The molecule has 0 unspecified atom stereocenters. The number of rotatable bonds is 3. The van der Waals surface area contributed by atoms with Crippen LogP contribution < -0.4 is 0 Å². The summed E-state index contributed by atoms with van der Waals surface area (Å²) in [7, 11) is 0. The lowest BCUT2D eigenvalue weighted by atomic mass is 10.1. The third kappa shape index (κ3) is 2.29. The lowest BCUT2D eigenvalue weighted by Crippen LogP contribution is -1.98. The summed E-state index contributed by atoms with van der Waals surface area (Å²) in [5.41, 5.74) is 1.37. The minimum atomic E-state index is -0.549. The summed E-state index contributed by atoms with van der Waals surface area (Å²) in [6.07, 6.45) is 2.72. The fourth-order valence-electron chi connectivity index (χ4n) is 1.49. The fraction of sp³-hybridized carbons (Fsp3) is 0.0909. The summed E-state index contributed by atoms with van der Waals surface area (Å²) in [5.74, 6) is -0.195. The highest BCUT2D eigenvalue weighted by Crippen LogP contribution is 2.12. The third-order valence-electron chi connectivity index (χ3n) is 2.30. The Hall–Kier alpha value is -2.68. The van der Waals surface area contributed by atoms with Crippen molar-refractivity contribution in [3.05, 3.63) is 58.0 Å². The van der Waals surface area contributed by atoms with E-state index in [1.165, 1.54) is 12.5 Å². The maximum atomic E-state index is 10.5. The maximum absolute atomic E-state index is 10.5. The van der Waals surface area contributed by atoms with Gasteiger partial charge in [-0.3, -0.25) is 0 Å². The number of benzene rings is 1. The molecule has 0 saturated heterocycles. The predicted molar refractivity (Wildman–Crippen MR) is 59.1 cm³/mol. The molecule has 0 aliphatic carbocycles. The summed E-state index contributed by atoms with van der Waals surface area (Å²) < 4.78 is 1.58. The van der Waals surface area contributed by atoms with Crippen LogP contribution in [0.3, 0.4) is 0 Å². The lowest BCUT2D eigenvalue weighted by molar-refractivity contribution is -0.389. The average Bonchev–Trinajstić information content (AvgIpc) is 2.78. The second-order valence-electron chi connectivity index (χ2n) is 3.43. The van der Waals surface area contributed by atoms with Crippen molar-refractivity contribution < 1.29 is 4.92 Å². The molecule has 0 aliphatic rings. The molecule has 0 spiro atoms. The van der Waals surface area contributed by atoms with Crippen LogP contribution in [0.25, 0.3) is 0 Å². The number of hydrogen-bond donors (Lipinski definition) is 0. The Labute approximate surface area is 96.9 Å². The summed E-state index contributed by atoms with van der Waals surface area (Å²) in [6, 6.07) is 9.19. The summed E-state index contributed by atoms with van der Waals surface area (Å²) in [4.78, 5) is 13.6. The molecule has 0 bridgehead atoms. The van der Waals surface area contributed by atoms with Crippen LogP contribution in [0, 0.1) is 21.4 Å². The van der Waals surface area contributed by atoms with Gasteiger partial charge >= 0.3 is 5.82 Å². The average molecular weight is 228 g/mol. The van der Waals surface area contributed by atoms with E-state index in [-0.39, 0.29) is 5.82 Å². The number of aromatic nitrogens is 2. The topological polar surface area (TPSA) is 84.8 Å². The zero-order valence-electron chi connectivity index (χ0n) is 8.78. The molecule has 0 fully saturated rings. The van der Waals surface area contributed by atoms with Crippen molar-refractivity contribution in [1.82, 2.24) is 9.55 Å². The van der Waals surface area contributed by atoms with E-state index >= 15 is 0 Å². The molecular formula is C11H8N4O2.